The number of nitrogens with zero attached hydrogens (tertiary/aromatic N) is 1. The first-order chi connectivity index (χ1) is 14.2. The van der Waals surface area contributed by atoms with Crippen LogP contribution in [0.3, 0.4) is 0 Å². The van der Waals surface area contributed by atoms with Crippen molar-refractivity contribution in [1.29, 1.82) is 0 Å². The second kappa shape index (κ2) is 6.33. The normalized spacial score (nSPS) is 17.2. The lowest BCUT2D eigenvalue weighted by Gasteiger charge is -2.30. The molecule has 5 aromatic rings. The van der Waals surface area contributed by atoms with E-state index < -0.39 is 0 Å². The molecular weight excluding hydrogens is 381 g/mol. The molecule has 0 aromatic heterocycles. The van der Waals surface area contributed by atoms with Crippen molar-refractivity contribution >= 4 is 49.6 Å². The number of hydrogen-bond donors (Lipinski definition) is 0. The third-order valence-electron chi connectivity index (χ3n) is 6.37. The predicted molar refractivity (Wildman–Crippen MR) is 121 cm³/mol. The van der Waals surface area contributed by atoms with Crippen LogP contribution in [0.5, 0.6) is 0 Å². The van der Waals surface area contributed by atoms with Gasteiger partial charge in [-0.1, -0.05) is 60.1 Å². The van der Waals surface area contributed by atoms with Gasteiger partial charge in [0.2, 0.25) is 0 Å². The van der Waals surface area contributed by atoms with Crippen molar-refractivity contribution in [2.45, 2.75) is 18.9 Å². The summed E-state index contributed by atoms with van der Waals surface area (Å²) in [5.74, 6) is -0.230. The van der Waals surface area contributed by atoms with Gasteiger partial charge < -0.3 is 4.90 Å². The van der Waals surface area contributed by atoms with E-state index in [9.17, 15) is 4.39 Å². The lowest BCUT2D eigenvalue weighted by molar-refractivity contribution is 0.619. The van der Waals surface area contributed by atoms with Crippen LogP contribution in [0.4, 0.5) is 10.1 Å². The summed E-state index contributed by atoms with van der Waals surface area (Å²) in [6.07, 6.45) is 2.04. The Balaban J connectivity index is 1.63. The molecule has 1 fully saturated rings. The van der Waals surface area contributed by atoms with Crippen LogP contribution < -0.4 is 4.90 Å². The van der Waals surface area contributed by atoms with E-state index in [1.54, 1.807) is 12.1 Å². The molecule has 1 nitrogen and oxygen atoms in total. The zero-order chi connectivity index (χ0) is 19.5. The van der Waals surface area contributed by atoms with Gasteiger partial charge in [-0.3, -0.25) is 0 Å². The van der Waals surface area contributed by atoms with Gasteiger partial charge in [-0.2, -0.15) is 0 Å². The van der Waals surface area contributed by atoms with E-state index in [2.05, 4.69) is 59.5 Å². The van der Waals surface area contributed by atoms with E-state index in [1.807, 2.05) is 0 Å². The van der Waals surface area contributed by atoms with Crippen LogP contribution in [-0.4, -0.2) is 6.54 Å². The van der Waals surface area contributed by atoms with E-state index in [-0.39, 0.29) is 11.9 Å². The first kappa shape index (κ1) is 17.1. The summed E-state index contributed by atoms with van der Waals surface area (Å²) in [4.78, 5) is 2.42. The number of benzene rings is 5. The van der Waals surface area contributed by atoms with Crippen molar-refractivity contribution in [1.82, 2.24) is 0 Å². The van der Waals surface area contributed by atoms with Gasteiger partial charge in [0.1, 0.15) is 5.82 Å². The fraction of sp³-hybridized carbons (Fsp3) is 0.154. The van der Waals surface area contributed by atoms with Gasteiger partial charge in [0.15, 0.2) is 0 Å². The van der Waals surface area contributed by atoms with Crippen LogP contribution in [0.1, 0.15) is 24.4 Å². The quantitative estimate of drug-likeness (QED) is 0.274. The lowest BCUT2D eigenvalue weighted by atomic mass is 9.92. The Hall–Kier alpha value is -2.84. The standard InChI is InChI=1S/C26H19ClFN/c27-22-12-11-19(28)15-21(22)23-8-3-13-29(23)24-14-18-6-1-4-16-9-10-17-5-2-7-20(24)26(17)25(16)18/h1-2,4-7,9-12,14-15,23H,3,8,13H2/t23-/m1/s1. The van der Waals surface area contributed by atoms with Crippen LogP contribution in [0.2, 0.25) is 5.02 Å². The molecular formula is C26H19ClFN. The summed E-state index contributed by atoms with van der Waals surface area (Å²) in [6.45, 7) is 0.942. The average molecular weight is 400 g/mol. The van der Waals surface area contributed by atoms with Crippen molar-refractivity contribution in [3.8, 4) is 0 Å². The summed E-state index contributed by atoms with van der Waals surface area (Å²) < 4.78 is 14.0. The van der Waals surface area contributed by atoms with E-state index in [0.717, 1.165) is 24.9 Å². The highest BCUT2D eigenvalue weighted by molar-refractivity contribution is 6.31. The van der Waals surface area contributed by atoms with Crippen molar-refractivity contribution < 1.29 is 4.39 Å². The maximum Gasteiger partial charge on any atom is 0.123 e. The van der Waals surface area contributed by atoms with Crippen LogP contribution in [0.25, 0.3) is 32.3 Å². The molecule has 1 saturated heterocycles. The van der Waals surface area contributed by atoms with Gasteiger partial charge in [-0.15, -0.1) is 0 Å². The minimum absolute atomic E-state index is 0.0872. The smallest absolute Gasteiger partial charge is 0.123 e. The molecule has 1 atom stereocenters. The van der Waals surface area contributed by atoms with E-state index in [0.29, 0.717) is 5.02 Å². The Kier molecular flexibility index (Phi) is 3.72. The van der Waals surface area contributed by atoms with Crippen LogP contribution in [-0.2, 0) is 0 Å². The Morgan fingerprint density at radius 2 is 1.59 bits per heavy atom. The van der Waals surface area contributed by atoms with Gasteiger partial charge in [-0.05, 0) is 69.6 Å². The number of anilines is 1. The zero-order valence-electron chi connectivity index (χ0n) is 15.8. The molecule has 1 heterocycles. The summed E-state index contributed by atoms with van der Waals surface area (Å²) in [6, 6.07) is 24.5. The summed E-state index contributed by atoms with van der Waals surface area (Å²) >= 11 is 6.50. The second-order valence-corrected chi connectivity index (χ2v) is 8.37. The molecule has 1 aliphatic rings. The highest BCUT2D eigenvalue weighted by atomic mass is 35.5. The number of halogens is 2. The molecule has 0 N–H and O–H groups in total. The second-order valence-electron chi connectivity index (χ2n) is 7.96. The first-order valence-corrected chi connectivity index (χ1v) is 10.5. The zero-order valence-corrected chi connectivity index (χ0v) is 16.6. The SMILES string of the molecule is Fc1ccc(Cl)c([C@H]2CCCN2c2cc3cccc4ccc5cccc2c5c43)c1. The van der Waals surface area contributed by atoms with Crippen molar-refractivity contribution in [3.63, 3.8) is 0 Å². The molecule has 0 unspecified atom stereocenters. The maximum absolute atomic E-state index is 14.0. The van der Waals surface area contributed by atoms with Crippen LogP contribution in [0.15, 0.2) is 72.8 Å². The summed E-state index contributed by atoms with van der Waals surface area (Å²) in [7, 11) is 0. The topological polar surface area (TPSA) is 3.24 Å². The third kappa shape index (κ3) is 2.52. The molecule has 3 heteroatoms. The van der Waals surface area contributed by atoms with Crippen molar-refractivity contribution in [2.75, 3.05) is 11.4 Å². The average Bonchev–Trinajstić information content (AvgIpc) is 3.23. The van der Waals surface area contributed by atoms with Gasteiger partial charge >= 0.3 is 0 Å². The largest absolute Gasteiger partial charge is 0.364 e. The molecule has 0 amide bonds. The van der Waals surface area contributed by atoms with Gasteiger partial charge in [0, 0.05) is 22.6 Å². The minimum atomic E-state index is -0.230. The first-order valence-electron chi connectivity index (χ1n) is 10.1. The number of rotatable bonds is 2. The summed E-state index contributed by atoms with van der Waals surface area (Å²) in [5, 5.41) is 8.30. The highest BCUT2D eigenvalue weighted by Crippen LogP contribution is 2.45. The van der Waals surface area contributed by atoms with Gasteiger partial charge in [0.05, 0.1) is 6.04 Å². The molecule has 0 spiro atoms. The Morgan fingerprint density at radius 3 is 2.45 bits per heavy atom. The van der Waals surface area contributed by atoms with Crippen molar-refractivity contribution in [2.24, 2.45) is 0 Å². The molecule has 0 radical (unpaired) electrons. The molecule has 1 aliphatic heterocycles. The Labute approximate surface area is 173 Å². The molecule has 5 aromatic carbocycles. The molecule has 0 aliphatic carbocycles. The molecule has 6 rings (SSSR count). The van der Waals surface area contributed by atoms with Crippen LogP contribution in [0, 0.1) is 5.82 Å². The summed E-state index contributed by atoms with van der Waals surface area (Å²) in [5.41, 5.74) is 2.10. The Morgan fingerprint density at radius 1 is 0.828 bits per heavy atom. The minimum Gasteiger partial charge on any atom is -0.364 e. The lowest BCUT2D eigenvalue weighted by Crippen LogP contribution is -2.23. The van der Waals surface area contributed by atoms with E-state index in [4.69, 9.17) is 11.6 Å². The number of hydrogen-bond acceptors (Lipinski definition) is 1. The molecule has 29 heavy (non-hydrogen) atoms. The fourth-order valence-corrected chi connectivity index (χ4v) is 5.37. The van der Waals surface area contributed by atoms with Gasteiger partial charge in [0.25, 0.3) is 0 Å². The molecule has 0 bridgehead atoms. The fourth-order valence-electron chi connectivity index (χ4n) is 5.13. The van der Waals surface area contributed by atoms with Crippen LogP contribution >= 0.6 is 11.6 Å². The monoisotopic (exact) mass is 399 g/mol. The highest BCUT2D eigenvalue weighted by Gasteiger charge is 2.30. The van der Waals surface area contributed by atoms with Gasteiger partial charge in [-0.25, -0.2) is 4.39 Å². The third-order valence-corrected chi connectivity index (χ3v) is 6.71. The predicted octanol–water partition coefficient (Wildman–Crippen LogP) is 7.72. The van der Waals surface area contributed by atoms with Crippen molar-refractivity contribution in [3.05, 3.63) is 89.2 Å². The van der Waals surface area contributed by atoms with E-state index in [1.165, 1.54) is 44.1 Å². The molecule has 0 saturated carbocycles. The molecule has 142 valence electrons. The maximum atomic E-state index is 14.0. The van der Waals surface area contributed by atoms with E-state index >= 15 is 0 Å². The Bertz CT molecular complexity index is 1380.